The first-order valence-electron chi connectivity index (χ1n) is 8.02. The van der Waals surface area contributed by atoms with Gasteiger partial charge in [-0.3, -0.25) is 4.79 Å². The highest BCUT2D eigenvalue weighted by Crippen LogP contribution is 2.36. The minimum absolute atomic E-state index is 0.214. The lowest BCUT2D eigenvalue weighted by Gasteiger charge is -2.34. The summed E-state index contributed by atoms with van der Waals surface area (Å²) in [6, 6.07) is 6.74. The second kappa shape index (κ2) is 5.89. The largest absolute Gasteiger partial charge is 0.481 e. The summed E-state index contributed by atoms with van der Waals surface area (Å²) in [6.07, 6.45) is 3.92. The summed E-state index contributed by atoms with van der Waals surface area (Å²) < 4.78 is 29.9. The third-order valence-corrected chi connectivity index (χ3v) is 6.61. The van der Waals surface area contributed by atoms with Crippen LogP contribution in [0.2, 0.25) is 0 Å². The number of carboxylic acids is 1. The van der Waals surface area contributed by atoms with Crippen LogP contribution in [-0.4, -0.2) is 30.1 Å². The number of aliphatic carboxylic acids is 1. The molecule has 2 N–H and O–H groups in total. The number of hydrogen-bond donors (Lipinski definition) is 2. The number of carbonyl (C=O) groups is 1. The van der Waals surface area contributed by atoms with Gasteiger partial charge in [0.2, 0.25) is 10.0 Å². The number of aromatic nitrogens is 1. The zero-order valence-electron chi connectivity index (χ0n) is 13.8. The molecule has 0 unspecified atom stereocenters. The standard InChI is InChI=1S/C17H22N2O4S/c1-17(16(20)21)8-5-13(6-9-17)18-24(22,23)14-3-4-15-12(11-14)7-10-19(15)2/h3-4,7,10-11,13,18H,5-6,8-9H2,1-2H3,(H,20,21). The topological polar surface area (TPSA) is 88.4 Å². The number of nitrogens with one attached hydrogen (secondary N) is 1. The maximum absolute atomic E-state index is 12.6. The Bertz CT molecular complexity index is 877. The van der Waals surface area contributed by atoms with E-state index >= 15 is 0 Å². The van der Waals surface area contributed by atoms with E-state index in [1.165, 1.54) is 0 Å². The van der Waals surface area contributed by atoms with Gasteiger partial charge in [-0.15, -0.1) is 0 Å². The van der Waals surface area contributed by atoms with Gasteiger partial charge < -0.3 is 9.67 Å². The summed E-state index contributed by atoms with van der Waals surface area (Å²) >= 11 is 0. The Morgan fingerprint density at radius 2 is 1.96 bits per heavy atom. The smallest absolute Gasteiger partial charge is 0.309 e. The second-order valence-corrected chi connectivity index (χ2v) is 8.62. The molecule has 7 heteroatoms. The first kappa shape index (κ1) is 17.0. The van der Waals surface area contributed by atoms with Gasteiger partial charge in [-0.2, -0.15) is 0 Å². The maximum Gasteiger partial charge on any atom is 0.309 e. The Labute approximate surface area is 141 Å². The molecule has 1 heterocycles. The molecule has 0 aliphatic heterocycles. The fourth-order valence-corrected chi connectivity index (χ4v) is 4.64. The first-order valence-corrected chi connectivity index (χ1v) is 9.50. The SMILES string of the molecule is Cn1ccc2cc(S(=O)(=O)NC3CCC(C)(C(=O)O)CC3)ccc21. The van der Waals surface area contributed by atoms with Gasteiger partial charge in [0.1, 0.15) is 0 Å². The molecule has 1 aliphatic rings. The zero-order chi connectivity index (χ0) is 17.5. The van der Waals surface area contributed by atoms with E-state index in [9.17, 15) is 18.3 Å². The summed E-state index contributed by atoms with van der Waals surface area (Å²) in [6.45, 7) is 1.73. The Kier molecular flexibility index (Phi) is 4.17. The molecule has 2 aromatic rings. The monoisotopic (exact) mass is 350 g/mol. The molecular formula is C17H22N2O4S. The zero-order valence-corrected chi connectivity index (χ0v) is 14.6. The number of aryl methyl sites for hydroxylation is 1. The molecule has 1 fully saturated rings. The molecule has 24 heavy (non-hydrogen) atoms. The molecule has 3 rings (SSSR count). The molecule has 0 spiro atoms. The Morgan fingerprint density at radius 1 is 1.29 bits per heavy atom. The van der Waals surface area contributed by atoms with Crippen LogP contribution in [0.4, 0.5) is 0 Å². The molecule has 1 aromatic heterocycles. The van der Waals surface area contributed by atoms with Gasteiger partial charge in [0.25, 0.3) is 0 Å². The molecule has 0 radical (unpaired) electrons. The van der Waals surface area contributed by atoms with E-state index in [0.717, 1.165) is 10.9 Å². The number of sulfonamides is 1. The van der Waals surface area contributed by atoms with Crippen molar-refractivity contribution in [1.82, 2.24) is 9.29 Å². The van der Waals surface area contributed by atoms with E-state index in [4.69, 9.17) is 0 Å². The average molecular weight is 350 g/mol. The average Bonchev–Trinajstić information content (AvgIpc) is 2.90. The Morgan fingerprint density at radius 3 is 2.58 bits per heavy atom. The minimum Gasteiger partial charge on any atom is -0.481 e. The quantitative estimate of drug-likeness (QED) is 0.887. The van der Waals surface area contributed by atoms with Crippen LogP contribution in [0, 0.1) is 5.41 Å². The van der Waals surface area contributed by atoms with Crippen molar-refractivity contribution in [2.75, 3.05) is 0 Å². The van der Waals surface area contributed by atoms with Crippen LogP contribution in [0.1, 0.15) is 32.6 Å². The number of hydrogen-bond acceptors (Lipinski definition) is 3. The summed E-state index contributed by atoms with van der Waals surface area (Å²) in [5, 5.41) is 10.1. The van der Waals surface area contributed by atoms with Gasteiger partial charge in [-0.05, 0) is 56.9 Å². The lowest BCUT2D eigenvalue weighted by molar-refractivity contribution is -0.149. The van der Waals surface area contributed by atoms with E-state index in [1.54, 1.807) is 25.1 Å². The lowest BCUT2D eigenvalue weighted by atomic mass is 9.74. The van der Waals surface area contributed by atoms with Gasteiger partial charge in [-0.1, -0.05) is 0 Å². The molecule has 0 bridgehead atoms. The van der Waals surface area contributed by atoms with Crippen LogP contribution in [0.5, 0.6) is 0 Å². The van der Waals surface area contributed by atoms with Crippen molar-refractivity contribution >= 4 is 26.9 Å². The fraction of sp³-hybridized carbons (Fsp3) is 0.471. The van der Waals surface area contributed by atoms with Crippen molar-refractivity contribution in [2.24, 2.45) is 12.5 Å². The predicted octanol–water partition coefficient (Wildman–Crippen LogP) is 2.49. The van der Waals surface area contributed by atoms with E-state index in [2.05, 4.69) is 4.72 Å². The van der Waals surface area contributed by atoms with Crippen molar-refractivity contribution in [3.8, 4) is 0 Å². The normalized spacial score (nSPS) is 25.0. The van der Waals surface area contributed by atoms with Gasteiger partial charge in [0.15, 0.2) is 0 Å². The summed E-state index contributed by atoms with van der Waals surface area (Å²) in [5.74, 6) is -0.807. The summed E-state index contributed by atoms with van der Waals surface area (Å²) in [5.41, 5.74) is 0.231. The number of nitrogens with zero attached hydrogens (tertiary/aromatic N) is 1. The van der Waals surface area contributed by atoms with Crippen molar-refractivity contribution in [3.63, 3.8) is 0 Å². The molecule has 1 aromatic carbocycles. The fourth-order valence-electron chi connectivity index (χ4n) is 3.30. The molecule has 6 nitrogen and oxygen atoms in total. The third kappa shape index (κ3) is 3.06. The highest BCUT2D eigenvalue weighted by molar-refractivity contribution is 7.89. The van der Waals surface area contributed by atoms with Crippen molar-refractivity contribution < 1.29 is 18.3 Å². The van der Waals surface area contributed by atoms with E-state index in [0.29, 0.717) is 25.7 Å². The summed E-state index contributed by atoms with van der Waals surface area (Å²) in [7, 11) is -1.69. The van der Waals surface area contributed by atoms with Crippen LogP contribution in [-0.2, 0) is 21.9 Å². The molecule has 1 saturated carbocycles. The highest BCUT2D eigenvalue weighted by Gasteiger charge is 2.38. The van der Waals surface area contributed by atoms with Crippen LogP contribution in [0.15, 0.2) is 35.4 Å². The van der Waals surface area contributed by atoms with Crippen molar-refractivity contribution in [1.29, 1.82) is 0 Å². The van der Waals surface area contributed by atoms with Gasteiger partial charge in [-0.25, -0.2) is 13.1 Å². The van der Waals surface area contributed by atoms with Gasteiger partial charge >= 0.3 is 5.97 Å². The van der Waals surface area contributed by atoms with Crippen LogP contribution in [0.25, 0.3) is 10.9 Å². The highest BCUT2D eigenvalue weighted by atomic mass is 32.2. The van der Waals surface area contributed by atoms with Crippen LogP contribution < -0.4 is 4.72 Å². The van der Waals surface area contributed by atoms with Gasteiger partial charge in [0.05, 0.1) is 10.3 Å². The third-order valence-electron chi connectivity index (χ3n) is 5.09. The number of rotatable bonds is 4. The molecule has 130 valence electrons. The molecule has 1 aliphatic carbocycles. The predicted molar refractivity (Wildman–Crippen MR) is 91.2 cm³/mol. The second-order valence-electron chi connectivity index (χ2n) is 6.91. The summed E-state index contributed by atoms with van der Waals surface area (Å²) in [4.78, 5) is 11.5. The molecule has 0 atom stereocenters. The van der Waals surface area contributed by atoms with E-state index < -0.39 is 21.4 Å². The number of carboxylic acid groups (broad SMARTS) is 1. The minimum atomic E-state index is -3.61. The Balaban J connectivity index is 1.75. The molecule has 0 saturated heterocycles. The molecular weight excluding hydrogens is 328 g/mol. The van der Waals surface area contributed by atoms with Crippen molar-refractivity contribution in [2.45, 2.75) is 43.5 Å². The van der Waals surface area contributed by atoms with Crippen LogP contribution in [0.3, 0.4) is 0 Å². The van der Waals surface area contributed by atoms with Crippen molar-refractivity contribution in [3.05, 3.63) is 30.5 Å². The van der Waals surface area contributed by atoms with Gasteiger partial charge in [0, 0.05) is 30.2 Å². The lowest BCUT2D eigenvalue weighted by Crippen LogP contribution is -2.42. The van der Waals surface area contributed by atoms with E-state index in [1.807, 2.05) is 23.9 Å². The van der Waals surface area contributed by atoms with E-state index in [-0.39, 0.29) is 10.9 Å². The molecule has 0 amide bonds. The first-order chi connectivity index (χ1) is 11.2. The van der Waals surface area contributed by atoms with Crippen LogP contribution >= 0.6 is 0 Å². The Hall–Kier alpha value is -1.86. The number of benzene rings is 1. The number of fused-ring (bicyclic) bond motifs is 1. The maximum atomic E-state index is 12.6.